The van der Waals surface area contributed by atoms with Crippen LogP contribution in [0.4, 0.5) is 0 Å². The molecule has 0 spiro atoms. The SMILES string of the molecule is CC(C)(C)c1c(Cl)cc(C2(C(=O)O)CCCC2)cc1Cl. The van der Waals surface area contributed by atoms with Crippen LogP contribution in [-0.2, 0) is 15.6 Å². The standard InChI is InChI=1S/C16H20Cl2O2/c1-15(2,3)13-11(17)8-10(9-12(13)18)16(14(19)20)6-4-5-7-16/h8-9H,4-7H2,1-3H3,(H,19,20). The number of carboxylic acids is 1. The summed E-state index contributed by atoms with van der Waals surface area (Å²) < 4.78 is 0. The summed E-state index contributed by atoms with van der Waals surface area (Å²) in [6.45, 7) is 6.13. The maximum Gasteiger partial charge on any atom is 0.314 e. The van der Waals surface area contributed by atoms with Gasteiger partial charge in [0.2, 0.25) is 0 Å². The van der Waals surface area contributed by atoms with Crippen molar-refractivity contribution in [2.75, 3.05) is 0 Å². The van der Waals surface area contributed by atoms with E-state index in [-0.39, 0.29) is 5.41 Å². The molecule has 20 heavy (non-hydrogen) atoms. The highest BCUT2D eigenvalue weighted by molar-refractivity contribution is 6.36. The van der Waals surface area contributed by atoms with Crippen LogP contribution in [-0.4, -0.2) is 11.1 Å². The van der Waals surface area contributed by atoms with Crippen molar-refractivity contribution in [3.05, 3.63) is 33.3 Å². The Morgan fingerprint density at radius 3 is 1.95 bits per heavy atom. The smallest absolute Gasteiger partial charge is 0.314 e. The van der Waals surface area contributed by atoms with E-state index < -0.39 is 11.4 Å². The van der Waals surface area contributed by atoms with Crippen LogP contribution >= 0.6 is 23.2 Å². The molecule has 0 aliphatic heterocycles. The predicted molar refractivity (Wildman–Crippen MR) is 82.9 cm³/mol. The summed E-state index contributed by atoms with van der Waals surface area (Å²) >= 11 is 12.8. The van der Waals surface area contributed by atoms with Gasteiger partial charge in [0.15, 0.2) is 0 Å². The van der Waals surface area contributed by atoms with E-state index in [4.69, 9.17) is 23.2 Å². The normalized spacial score (nSPS) is 18.2. The van der Waals surface area contributed by atoms with Crippen molar-refractivity contribution < 1.29 is 9.90 Å². The Morgan fingerprint density at radius 2 is 1.60 bits per heavy atom. The second-order valence-corrected chi connectivity index (χ2v) is 7.47. The van der Waals surface area contributed by atoms with Gasteiger partial charge >= 0.3 is 5.97 Å². The van der Waals surface area contributed by atoms with E-state index in [2.05, 4.69) is 0 Å². The molecule has 0 amide bonds. The molecule has 0 aromatic heterocycles. The Bertz CT molecular complexity index is 515. The first-order valence-corrected chi connectivity index (χ1v) is 7.67. The predicted octanol–water partition coefficient (Wildman–Crippen LogP) is 5.19. The van der Waals surface area contributed by atoms with E-state index in [1.54, 1.807) is 12.1 Å². The average Bonchev–Trinajstić information content (AvgIpc) is 2.75. The lowest BCUT2D eigenvalue weighted by Gasteiger charge is -2.28. The van der Waals surface area contributed by atoms with Crippen LogP contribution in [0.2, 0.25) is 10.0 Å². The highest BCUT2D eigenvalue weighted by atomic mass is 35.5. The summed E-state index contributed by atoms with van der Waals surface area (Å²) in [6, 6.07) is 3.60. The minimum absolute atomic E-state index is 0.168. The third-order valence-corrected chi connectivity index (χ3v) is 4.81. The fourth-order valence-electron chi connectivity index (χ4n) is 3.17. The molecule has 110 valence electrons. The molecular weight excluding hydrogens is 295 g/mol. The number of halogens is 2. The van der Waals surface area contributed by atoms with E-state index in [0.29, 0.717) is 22.9 Å². The molecular formula is C16H20Cl2O2. The van der Waals surface area contributed by atoms with Crippen LogP contribution < -0.4 is 0 Å². The lowest BCUT2D eigenvalue weighted by Crippen LogP contribution is -2.32. The quantitative estimate of drug-likeness (QED) is 0.815. The zero-order valence-electron chi connectivity index (χ0n) is 12.1. The van der Waals surface area contributed by atoms with Crippen LogP contribution in [0.5, 0.6) is 0 Å². The van der Waals surface area contributed by atoms with Gasteiger partial charge in [-0.25, -0.2) is 0 Å². The minimum atomic E-state index is -0.816. The number of rotatable bonds is 2. The van der Waals surface area contributed by atoms with Gasteiger partial charge in [-0.1, -0.05) is 56.8 Å². The number of carbonyl (C=O) groups is 1. The third-order valence-electron chi connectivity index (χ3n) is 4.21. The molecule has 0 radical (unpaired) electrons. The van der Waals surface area contributed by atoms with Crippen molar-refractivity contribution >= 4 is 29.2 Å². The van der Waals surface area contributed by atoms with Gasteiger partial charge in [-0.2, -0.15) is 0 Å². The van der Waals surface area contributed by atoms with Crippen molar-refractivity contribution in [1.29, 1.82) is 0 Å². The molecule has 0 saturated heterocycles. The Kier molecular flexibility index (Phi) is 4.10. The van der Waals surface area contributed by atoms with Gasteiger partial charge < -0.3 is 5.11 Å². The molecule has 1 saturated carbocycles. The Balaban J connectivity index is 2.58. The van der Waals surface area contributed by atoms with Crippen LogP contribution in [0.1, 0.15) is 57.6 Å². The third kappa shape index (κ3) is 2.56. The maximum atomic E-state index is 11.7. The molecule has 0 atom stereocenters. The first-order valence-electron chi connectivity index (χ1n) is 6.92. The summed E-state index contributed by atoms with van der Waals surface area (Å²) in [5.74, 6) is -0.773. The van der Waals surface area contributed by atoms with Crippen molar-refractivity contribution in [2.24, 2.45) is 0 Å². The first kappa shape index (κ1) is 15.7. The van der Waals surface area contributed by atoms with Gasteiger partial charge in [-0.05, 0) is 41.5 Å². The molecule has 2 nitrogen and oxygen atoms in total. The van der Waals surface area contributed by atoms with E-state index >= 15 is 0 Å². The average molecular weight is 315 g/mol. The van der Waals surface area contributed by atoms with Gasteiger partial charge in [0.25, 0.3) is 0 Å². The fourth-order valence-corrected chi connectivity index (χ4v) is 4.22. The summed E-state index contributed by atoms with van der Waals surface area (Å²) in [6.07, 6.45) is 3.18. The second kappa shape index (κ2) is 5.23. The van der Waals surface area contributed by atoms with Gasteiger partial charge in [0.05, 0.1) is 5.41 Å². The number of carboxylic acid groups (broad SMARTS) is 1. The molecule has 1 aliphatic carbocycles. The number of benzene rings is 1. The van der Waals surface area contributed by atoms with Gasteiger partial charge in [-0.15, -0.1) is 0 Å². The highest BCUT2D eigenvalue weighted by Crippen LogP contribution is 2.45. The van der Waals surface area contributed by atoms with Crippen LogP contribution in [0.25, 0.3) is 0 Å². The highest BCUT2D eigenvalue weighted by Gasteiger charge is 2.43. The molecule has 1 aromatic rings. The van der Waals surface area contributed by atoms with Crippen LogP contribution in [0.15, 0.2) is 12.1 Å². The number of hydrogen-bond acceptors (Lipinski definition) is 1. The largest absolute Gasteiger partial charge is 0.481 e. The molecule has 4 heteroatoms. The zero-order chi connectivity index (χ0) is 15.1. The first-order chi connectivity index (χ1) is 9.18. The number of hydrogen-bond donors (Lipinski definition) is 1. The lowest BCUT2D eigenvalue weighted by atomic mass is 9.77. The molecule has 1 fully saturated rings. The zero-order valence-corrected chi connectivity index (χ0v) is 13.6. The van der Waals surface area contributed by atoms with E-state index in [0.717, 1.165) is 24.0 Å². The summed E-state index contributed by atoms with van der Waals surface area (Å²) in [4.78, 5) is 11.7. The maximum absolute atomic E-state index is 11.7. The van der Waals surface area contributed by atoms with Crippen LogP contribution in [0, 0.1) is 0 Å². The van der Waals surface area contributed by atoms with Gasteiger partial charge in [0, 0.05) is 10.0 Å². The lowest BCUT2D eigenvalue weighted by molar-refractivity contribution is -0.143. The molecule has 0 heterocycles. The number of aliphatic carboxylic acids is 1. The fraction of sp³-hybridized carbons (Fsp3) is 0.562. The molecule has 0 bridgehead atoms. The summed E-state index contributed by atoms with van der Waals surface area (Å²) in [5, 5.41) is 10.8. The summed E-state index contributed by atoms with van der Waals surface area (Å²) in [7, 11) is 0. The van der Waals surface area contributed by atoms with Gasteiger partial charge in [0.1, 0.15) is 0 Å². The Morgan fingerprint density at radius 1 is 1.15 bits per heavy atom. The van der Waals surface area contributed by atoms with Crippen LogP contribution in [0.3, 0.4) is 0 Å². The second-order valence-electron chi connectivity index (χ2n) is 6.66. The van der Waals surface area contributed by atoms with Crippen molar-refractivity contribution in [1.82, 2.24) is 0 Å². The van der Waals surface area contributed by atoms with Crippen molar-refractivity contribution in [2.45, 2.75) is 57.3 Å². The van der Waals surface area contributed by atoms with E-state index in [1.165, 1.54) is 0 Å². The molecule has 1 N–H and O–H groups in total. The molecule has 1 aromatic carbocycles. The molecule has 1 aliphatic rings. The molecule has 0 unspecified atom stereocenters. The minimum Gasteiger partial charge on any atom is -0.481 e. The van der Waals surface area contributed by atoms with E-state index in [1.807, 2.05) is 20.8 Å². The van der Waals surface area contributed by atoms with E-state index in [9.17, 15) is 9.90 Å². The summed E-state index contributed by atoms with van der Waals surface area (Å²) in [5.41, 5.74) is 0.635. The Labute approximate surface area is 130 Å². The molecule has 2 rings (SSSR count). The topological polar surface area (TPSA) is 37.3 Å². The van der Waals surface area contributed by atoms with Crippen molar-refractivity contribution in [3.63, 3.8) is 0 Å². The monoisotopic (exact) mass is 314 g/mol. The van der Waals surface area contributed by atoms with Gasteiger partial charge in [-0.3, -0.25) is 4.79 Å². The Hall–Kier alpha value is -0.730. The van der Waals surface area contributed by atoms with Crippen molar-refractivity contribution in [3.8, 4) is 0 Å².